The van der Waals surface area contributed by atoms with Crippen molar-refractivity contribution in [1.29, 1.82) is 0 Å². The summed E-state index contributed by atoms with van der Waals surface area (Å²) < 4.78 is 14.3. The average molecular weight is 317 g/mol. The molecule has 0 aromatic heterocycles. The molecule has 1 rings (SSSR count). The van der Waals surface area contributed by atoms with Gasteiger partial charge in [-0.05, 0) is 37.2 Å². The van der Waals surface area contributed by atoms with E-state index in [1.165, 1.54) is 6.07 Å². The minimum absolute atomic E-state index is 0.0141. The van der Waals surface area contributed by atoms with Crippen LogP contribution in [0.25, 0.3) is 0 Å². The van der Waals surface area contributed by atoms with Gasteiger partial charge in [-0.2, -0.15) is 0 Å². The van der Waals surface area contributed by atoms with Crippen LogP contribution < -0.4 is 10.6 Å². The summed E-state index contributed by atoms with van der Waals surface area (Å²) in [6.07, 6.45) is 0.489. The minimum atomic E-state index is -0.240. The van der Waals surface area contributed by atoms with Gasteiger partial charge in [0.2, 0.25) is 5.91 Å². The number of benzene rings is 1. The van der Waals surface area contributed by atoms with Crippen LogP contribution in [-0.4, -0.2) is 26.0 Å². The van der Waals surface area contributed by atoms with Gasteiger partial charge in [-0.15, -0.1) is 0 Å². The summed E-state index contributed by atoms with van der Waals surface area (Å²) in [4.78, 5) is 11.6. The van der Waals surface area contributed by atoms with Crippen LogP contribution in [0, 0.1) is 11.7 Å². The zero-order valence-corrected chi connectivity index (χ0v) is 12.2. The number of nitrogens with one attached hydrogen (secondary N) is 2. The highest BCUT2D eigenvalue weighted by molar-refractivity contribution is 9.10. The third-order valence-corrected chi connectivity index (χ3v) is 3.15. The molecule has 3 nitrogen and oxygen atoms in total. The van der Waals surface area contributed by atoms with Gasteiger partial charge in [0.05, 0.1) is 0 Å². The van der Waals surface area contributed by atoms with Gasteiger partial charge in [-0.25, -0.2) is 4.39 Å². The first-order valence-electron chi connectivity index (χ1n) is 5.91. The predicted molar refractivity (Wildman–Crippen MR) is 73.9 cm³/mol. The molecule has 1 unspecified atom stereocenters. The van der Waals surface area contributed by atoms with Crippen molar-refractivity contribution < 1.29 is 9.18 Å². The molecule has 0 spiro atoms. The number of hydrogen-bond acceptors (Lipinski definition) is 2. The van der Waals surface area contributed by atoms with E-state index in [2.05, 4.69) is 26.6 Å². The number of carbonyl (C=O) groups is 1. The minimum Gasteiger partial charge on any atom is -0.355 e. The third kappa shape index (κ3) is 4.74. The SMILES string of the molecule is CNCC(C)C(=O)NCCc1cc(Br)ccc1F. The van der Waals surface area contributed by atoms with Crippen molar-refractivity contribution in [3.63, 3.8) is 0 Å². The molecule has 18 heavy (non-hydrogen) atoms. The van der Waals surface area contributed by atoms with Crippen LogP contribution in [-0.2, 0) is 11.2 Å². The van der Waals surface area contributed by atoms with Crippen molar-refractivity contribution in [3.8, 4) is 0 Å². The van der Waals surface area contributed by atoms with Crippen molar-refractivity contribution in [2.45, 2.75) is 13.3 Å². The van der Waals surface area contributed by atoms with E-state index in [4.69, 9.17) is 0 Å². The molecule has 0 aliphatic rings. The van der Waals surface area contributed by atoms with Crippen molar-refractivity contribution in [2.24, 2.45) is 5.92 Å². The Morgan fingerprint density at radius 2 is 2.22 bits per heavy atom. The van der Waals surface area contributed by atoms with Crippen LogP contribution in [0.3, 0.4) is 0 Å². The fourth-order valence-corrected chi connectivity index (χ4v) is 2.04. The van der Waals surface area contributed by atoms with Crippen LogP contribution in [0.5, 0.6) is 0 Å². The van der Waals surface area contributed by atoms with E-state index in [9.17, 15) is 9.18 Å². The van der Waals surface area contributed by atoms with Crippen LogP contribution >= 0.6 is 15.9 Å². The Morgan fingerprint density at radius 1 is 1.50 bits per heavy atom. The molecule has 0 saturated carbocycles. The number of halogens is 2. The van der Waals surface area contributed by atoms with Crippen molar-refractivity contribution in [3.05, 3.63) is 34.1 Å². The molecule has 0 bridgehead atoms. The van der Waals surface area contributed by atoms with Gasteiger partial charge in [-0.1, -0.05) is 22.9 Å². The molecule has 0 fully saturated rings. The summed E-state index contributed by atoms with van der Waals surface area (Å²) in [6.45, 7) is 2.93. The highest BCUT2D eigenvalue weighted by atomic mass is 79.9. The van der Waals surface area contributed by atoms with Crippen molar-refractivity contribution in [1.82, 2.24) is 10.6 Å². The van der Waals surface area contributed by atoms with E-state index in [0.29, 0.717) is 25.1 Å². The number of rotatable bonds is 6. The van der Waals surface area contributed by atoms with Crippen LogP contribution in [0.15, 0.2) is 22.7 Å². The fourth-order valence-electron chi connectivity index (χ4n) is 1.63. The second-order valence-corrected chi connectivity index (χ2v) is 5.15. The largest absolute Gasteiger partial charge is 0.355 e. The standard InChI is InChI=1S/C13H18BrFN2O/c1-9(8-16-2)13(18)17-6-5-10-7-11(14)3-4-12(10)15/h3-4,7,9,16H,5-6,8H2,1-2H3,(H,17,18). The molecule has 0 radical (unpaired) electrons. The zero-order valence-electron chi connectivity index (χ0n) is 10.6. The second-order valence-electron chi connectivity index (χ2n) is 4.24. The Morgan fingerprint density at radius 3 is 2.89 bits per heavy atom. The van der Waals surface area contributed by atoms with Crippen LogP contribution in [0.2, 0.25) is 0 Å². The zero-order chi connectivity index (χ0) is 13.5. The third-order valence-electron chi connectivity index (χ3n) is 2.66. The van der Waals surface area contributed by atoms with E-state index in [0.717, 1.165) is 4.47 Å². The smallest absolute Gasteiger partial charge is 0.224 e. The summed E-state index contributed by atoms with van der Waals surface area (Å²) in [7, 11) is 1.81. The topological polar surface area (TPSA) is 41.1 Å². The maximum absolute atomic E-state index is 13.4. The van der Waals surface area contributed by atoms with E-state index in [1.54, 1.807) is 19.2 Å². The lowest BCUT2D eigenvalue weighted by Gasteiger charge is -2.11. The van der Waals surface area contributed by atoms with E-state index in [1.807, 2.05) is 6.92 Å². The van der Waals surface area contributed by atoms with E-state index >= 15 is 0 Å². The first kappa shape index (κ1) is 15.1. The quantitative estimate of drug-likeness (QED) is 0.844. The Hall–Kier alpha value is -0.940. The van der Waals surface area contributed by atoms with Gasteiger partial charge >= 0.3 is 0 Å². The molecule has 5 heteroatoms. The van der Waals surface area contributed by atoms with Crippen LogP contribution in [0.1, 0.15) is 12.5 Å². The lowest BCUT2D eigenvalue weighted by Crippen LogP contribution is -2.35. The maximum atomic E-state index is 13.4. The number of amides is 1. The van der Waals surface area contributed by atoms with Gasteiger partial charge in [0.1, 0.15) is 5.82 Å². The number of hydrogen-bond donors (Lipinski definition) is 2. The summed E-state index contributed by atoms with van der Waals surface area (Å²) in [5.74, 6) is -0.335. The van der Waals surface area contributed by atoms with Gasteiger partial charge in [-0.3, -0.25) is 4.79 Å². The first-order chi connectivity index (χ1) is 8.54. The second kappa shape index (κ2) is 7.48. The molecule has 100 valence electrons. The molecule has 0 saturated heterocycles. The summed E-state index contributed by atoms with van der Waals surface area (Å²) in [6, 6.07) is 4.82. The van der Waals surface area contributed by atoms with Crippen molar-refractivity contribution in [2.75, 3.05) is 20.1 Å². The molecule has 2 N–H and O–H groups in total. The Bertz CT molecular complexity index is 412. The normalized spacial score (nSPS) is 12.2. The average Bonchev–Trinajstić information content (AvgIpc) is 2.33. The maximum Gasteiger partial charge on any atom is 0.224 e. The van der Waals surface area contributed by atoms with Crippen molar-refractivity contribution >= 4 is 21.8 Å². The molecule has 0 heterocycles. The summed E-state index contributed by atoms with van der Waals surface area (Å²) in [5.41, 5.74) is 0.603. The predicted octanol–water partition coefficient (Wildman–Crippen LogP) is 2.10. The summed E-state index contributed by atoms with van der Waals surface area (Å²) in [5, 5.41) is 5.75. The van der Waals surface area contributed by atoms with E-state index in [-0.39, 0.29) is 17.6 Å². The van der Waals surface area contributed by atoms with Gasteiger partial charge in [0, 0.05) is 23.5 Å². The summed E-state index contributed by atoms with van der Waals surface area (Å²) >= 11 is 3.30. The molecule has 1 atom stereocenters. The lowest BCUT2D eigenvalue weighted by atomic mass is 10.1. The van der Waals surface area contributed by atoms with E-state index < -0.39 is 0 Å². The molecule has 1 aromatic carbocycles. The molecule has 0 aliphatic heterocycles. The van der Waals surface area contributed by atoms with Crippen LogP contribution in [0.4, 0.5) is 4.39 Å². The monoisotopic (exact) mass is 316 g/mol. The van der Waals surface area contributed by atoms with Gasteiger partial charge in [0.25, 0.3) is 0 Å². The molecular weight excluding hydrogens is 299 g/mol. The Kier molecular flexibility index (Phi) is 6.29. The lowest BCUT2D eigenvalue weighted by molar-refractivity contribution is -0.124. The molecule has 1 amide bonds. The molecular formula is C13H18BrFN2O. The fraction of sp³-hybridized carbons (Fsp3) is 0.462. The number of carbonyl (C=O) groups excluding carboxylic acids is 1. The first-order valence-corrected chi connectivity index (χ1v) is 6.70. The Balaban J connectivity index is 2.42. The molecule has 0 aliphatic carbocycles. The highest BCUT2D eigenvalue weighted by Crippen LogP contribution is 2.15. The van der Waals surface area contributed by atoms with Gasteiger partial charge < -0.3 is 10.6 Å². The highest BCUT2D eigenvalue weighted by Gasteiger charge is 2.11. The Labute approximate surface area is 115 Å². The van der Waals surface area contributed by atoms with Gasteiger partial charge in [0.15, 0.2) is 0 Å². The molecule has 1 aromatic rings.